The summed E-state index contributed by atoms with van der Waals surface area (Å²) >= 11 is 0. The van der Waals surface area contributed by atoms with Gasteiger partial charge in [0.25, 0.3) is 0 Å². The molecule has 0 radical (unpaired) electrons. The number of fused-ring (bicyclic) bond motifs is 6. The van der Waals surface area contributed by atoms with Gasteiger partial charge in [-0.3, -0.25) is 4.79 Å². The van der Waals surface area contributed by atoms with Gasteiger partial charge in [0.1, 0.15) is 22.8 Å². The zero-order valence-corrected chi connectivity index (χ0v) is 17.7. The minimum Gasteiger partial charge on any atom is -0.439 e. The largest absolute Gasteiger partial charge is 0.439 e. The van der Waals surface area contributed by atoms with Gasteiger partial charge in [-0.1, -0.05) is 44.2 Å². The van der Waals surface area contributed by atoms with Crippen LogP contribution in [0.15, 0.2) is 69.2 Å². The lowest BCUT2D eigenvalue weighted by atomic mass is 9.69. The molecule has 160 valence electrons. The Hall–Kier alpha value is -4.05. The molecule has 3 heterocycles. The molecule has 2 aromatic carbocycles. The molecule has 2 N–H and O–H groups in total. The summed E-state index contributed by atoms with van der Waals surface area (Å²) in [4.78, 5) is 29.2. The highest BCUT2D eigenvalue weighted by Gasteiger charge is 2.61. The first-order valence-corrected chi connectivity index (χ1v) is 10.5. The highest BCUT2D eigenvalue weighted by atomic mass is 16.5. The fourth-order valence-electron chi connectivity index (χ4n) is 4.71. The molecule has 7 nitrogen and oxygen atoms in total. The Labute approximate surface area is 184 Å². The molecule has 0 bridgehead atoms. The van der Waals surface area contributed by atoms with E-state index in [1.165, 1.54) is 0 Å². The number of benzene rings is 2. The average Bonchev–Trinajstić information content (AvgIpc) is 3.01. The molecule has 2 aliphatic heterocycles. The number of anilines is 1. The number of amides is 1. The molecule has 0 fully saturated rings. The Morgan fingerprint density at radius 2 is 1.84 bits per heavy atom. The third-order valence-corrected chi connectivity index (χ3v) is 6.18. The summed E-state index contributed by atoms with van der Waals surface area (Å²) in [5.74, 6) is -0.0728. The van der Waals surface area contributed by atoms with Crippen LogP contribution in [0.2, 0.25) is 0 Å². The lowest BCUT2D eigenvalue weighted by Gasteiger charge is -2.33. The number of ether oxygens (including phenoxy) is 1. The lowest BCUT2D eigenvalue weighted by Crippen LogP contribution is -2.48. The highest BCUT2D eigenvalue weighted by molar-refractivity contribution is 6.14. The maximum Gasteiger partial charge on any atom is 0.345 e. The summed E-state index contributed by atoms with van der Waals surface area (Å²) < 4.78 is 11.4. The summed E-state index contributed by atoms with van der Waals surface area (Å²) in [5.41, 5.74) is 5.16. The second kappa shape index (κ2) is 6.99. The van der Waals surface area contributed by atoms with Crippen molar-refractivity contribution < 1.29 is 13.9 Å². The fourth-order valence-corrected chi connectivity index (χ4v) is 4.71. The van der Waals surface area contributed by atoms with Crippen molar-refractivity contribution in [1.82, 2.24) is 0 Å². The Balaban J connectivity index is 1.90. The molecule has 1 spiro atoms. The first-order chi connectivity index (χ1) is 15.4. The average molecular weight is 427 g/mol. The Kier molecular flexibility index (Phi) is 4.34. The van der Waals surface area contributed by atoms with Crippen LogP contribution in [-0.4, -0.2) is 12.5 Å². The van der Waals surface area contributed by atoms with Gasteiger partial charge in [0, 0.05) is 17.8 Å². The van der Waals surface area contributed by atoms with Gasteiger partial charge in [-0.05, 0) is 30.5 Å². The zero-order valence-electron chi connectivity index (χ0n) is 17.7. The van der Waals surface area contributed by atoms with E-state index in [2.05, 4.69) is 19.9 Å². The van der Waals surface area contributed by atoms with Gasteiger partial charge in [0.15, 0.2) is 11.2 Å². The molecule has 3 aromatic rings. The van der Waals surface area contributed by atoms with E-state index >= 15 is 0 Å². The third kappa shape index (κ3) is 2.47. The molecule has 1 atom stereocenters. The Morgan fingerprint density at radius 1 is 1.12 bits per heavy atom. The molecule has 1 amide bonds. The van der Waals surface area contributed by atoms with Crippen molar-refractivity contribution in [3.63, 3.8) is 0 Å². The van der Waals surface area contributed by atoms with Crippen molar-refractivity contribution in [3.8, 4) is 11.8 Å². The van der Waals surface area contributed by atoms with Crippen molar-refractivity contribution in [3.05, 3.63) is 81.5 Å². The number of hydrogen-bond acceptors (Lipinski definition) is 6. The molecule has 1 aromatic heterocycles. The zero-order chi connectivity index (χ0) is 22.6. The van der Waals surface area contributed by atoms with E-state index in [9.17, 15) is 14.9 Å². The van der Waals surface area contributed by atoms with Gasteiger partial charge in [-0.25, -0.2) is 4.79 Å². The summed E-state index contributed by atoms with van der Waals surface area (Å²) in [5, 5.41) is 10.6. The summed E-state index contributed by atoms with van der Waals surface area (Å²) in [7, 11) is 0. The lowest BCUT2D eigenvalue weighted by molar-refractivity contribution is -0.121. The highest BCUT2D eigenvalue weighted by Crippen LogP contribution is 2.55. The molecule has 0 saturated heterocycles. The monoisotopic (exact) mass is 427 g/mol. The Morgan fingerprint density at radius 3 is 2.59 bits per heavy atom. The predicted molar refractivity (Wildman–Crippen MR) is 119 cm³/mol. The van der Waals surface area contributed by atoms with Crippen LogP contribution in [0.3, 0.4) is 0 Å². The van der Waals surface area contributed by atoms with Crippen molar-refractivity contribution >= 4 is 22.6 Å². The van der Waals surface area contributed by atoms with Gasteiger partial charge >= 0.3 is 5.63 Å². The molecule has 5 rings (SSSR count). The van der Waals surface area contributed by atoms with Crippen molar-refractivity contribution in [1.29, 1.82) is 5.26 Å². The van der Waals surface area contributed by atoms with E-state index in [4.69, 9.17) is 14.9 Å². The first-order valence-electron chi connectivity index (χ1n) is 10.5. The maximum absolute atomic E-state index is 14.2. The van der Waals surface area contributed by atoms with E-state index in [0.29, 0.717) is 34.7 Å². The van der Waals surface area contributed by atoms with Crippen LogP contribution in [0, 0.1) is 17.2 Å². The van der Waals surface area contributed by atoms with Gasteiger partial charge in [0.2, 0.25) is 11.8 Å². The number of rotatable bonds is 3. The minimum absolute atomic E-state index is 0.00792. The molecular formula is C25H21N3O4. The SMILES string of the molecule is CC(C)CCN1C(=O)[C@@]2(C(C#N)=C(N)Oc3c2c(=O)oc2ccccc32)c2ccccc21. The summed E-state index contributed by atoms with van der Waals surface area (Å²) in [6.07, 6.45) is 0.757. The molecule has 32 heavy (non-hydrogen) atoms. The van der Waals surface area contributed by atoms with E-state index in [1.54, 1.807) is 41.3 Å². The van der Waals surface area contributed by atoms with Crippen LogP contribution >= 0.6 is 0 Å². The summed E-state index contributed by atoms with van der Waals surface area (Å²) in [6, 6.07) is 16.1. The smallest absolute Gasteiger partial charge is 0.345 e. The topological polar surface area (TPSA) is 110 Å². The second-order valence-corrected chi connectivity index (χ2v) is 8.45. The van der Waals surface area contributed by atoms with Gasteiger partial charge in [0.05, 0.1) is 5.39 Å². The van der Waals surface area contributed by atoms with Crippen LogP contribution in [0.25, 0.3) is 11.0 Å². The summed E-state index contributed by atoms with van der Waals surface area (Å²) in [6.45, 7) is 4.60. The van der Waals surface area contributed by atoms with E-state index in [1.807, 2.05) is 12.1 Å². The quantitative estimate of drug-likeness (QED) is 0.640. The normalized spacial score (nSPS) is 19.3. The number of hydrogen-bond donors (Lipinski definition) is 1. The first kappa shape index (κ1) is 19.9. The number of para-hydroxylation sites is 2. The van der Waals surface area contributed by atoms with Crippen molar-refractivity contribution in [2.75, 3.05) is 11.4 Å². The maximum atomic E-state index is 14.2. The van der Waals surface area contributed by atoms with E-state index in [-0.39, 0.29) is 22.8 Å². The van der Waals surface area contributed by atoms with Crippen LogP contribution in [0.4, 0.5) is 5.69 Å². The fraction of sp³-hybridized carbons (Fsp3) is 0.240. The number of nitrogens with zero attached hydrogens (tertiary/aromatic N) is 2. The standard InChI is InChI=1S/C25H21N3O4/c1-14(2)11-12-28-18-9-5-4-8-16(18)25(24(28)30)17(13-26)22(27)32-21-15-7-3-6-10-19(15)31-23(29)20(21)25/h3-10,14H,11-12,27H2,1-2H3/t25-/m1/s1. The molecular weight excluding hydrogens is 406 g/mol. The molecule has 2 aliphatic rings. The number of carbonyl (C=O) groups excluding carboxylic acids is 1. The minimum atomic E-state index is -1.72. The van der Waals surface area contributed by atoms with Gasteiger partial charge < -0.3 is 19.8 Å². The van der Waals surface area contributed by atoms with Gasteiger partial charge in [-0.15, -0.1) is 0 Å². The van der Waals surface area contributed by atoms with Crippen LogP contribution in [0.5, 0.6) is 5.75 Å². The number of nitriles is 1. The van der Waals surface area contributed by atoms with Crippen molar-refractivity contribution in [2.24, 2.45) is 11.7 Å². The molecule has 7 heteroatoms. The van der Waals surface area contributed by atoms with E-state index in [0.717, 1.165) is 6.42 Å². The third-order valence-electron chi connectivity index (χ3n) is 6.18. The van der Waals surface area contributed by atoms with Crippen LogP contribution in [-0.2, 0) is 10.2 Å². The van der Waals surface area contributed by atoms with Gasteiger partial charge in [-0.2, -0.15) is 5.26 Å². The predicted octanol–water partition coefficient (Wildman–Crippen LogP) is 3.56. The number of carbonyl (C=O) groups is 1. The second-order valence-electron chi connectivity index (χ2n) is 8.45. The van der Waals surface area contributed by atoms with Crippen LogP contribution < -0.4 is 21.0 Å². The van der Waals surface area contributed by atoms with E-state index < -0.39 is 16.9 Å². The number of nitrogens with two attached hydrogens (primary N) is 1. The van der Waals surface area contributed by atoms with Crippen LogP contribution in [0.1, 0.15) is 31.4 Å². The van der Waals surface area contributed by atoms with Crippen molar-refractivity contribution in [2.45, 2.75) is 25.7 Å². The molecule has 0 aliphatic carbocycles. The molecule has 0 unspecified atom stereocenters. The molecule has 0 saturated carbocycles. The Bertz CT molecular complexity index is 1410.